The largest absolute Gasteiger partial charge is 0.356 e. The number of hydrogen-bond acceptors (Lipinski definition) is 3. The molecule has 1 aromatic carbocycles. The minimum absolute atomic E-state index is 0.0533. The summed E-state index contributed by atoms with van der Waals surface area (Å²) in [6.45, 7) is 0. The van der Waals surface area contributed by atoms with Gasteiger partial charge in [0, 0.05) is 6.20 Å². The Bertz CT molecular complexity index is 837. The number of H-pyrrole nitrogens is 1. The van der Waals surface area contributed by atoms with Gasteiger partial charge in [0.2, 0.25) is 10.0 Å². The Kier molecular flexibility index (Phi) is 4.96. The molecule has 0 aliphatic heterocycles. The molecule has 1 fully saturated rings. The van der Waals surface area contributed by atoms with Crippen LogP contribution in [-0.2, 0) is 15.6 Å². The fourth-order valence-corrected chi connectivity index (χ4v) is 4.18. The molecule has 0 atom stereocenters. The maximum Gasteiger partial charge on any atom is 0.268 e. The van der Waals surface area contributed by atoms with Crippen molar-refractivity contribution in [3.63, 3.8) is 0 Å². The third-order valence-electron chi connectivity index (χ3n) is 4.87. The summed E-state index contributed by atoms with van der Waals surface area (Å²) in [6, 6.07) is 11.4. The molecule has 2 aromatic rings. The van der Waals surface area contributed by atoms with Gasteiger partial charge in [-0.1, -0.05) is 49.6 Å². The van der Waals surface area contributed by atoms with Crippen LogP contribution in [-0.4, -0.2) is 26.4 Å². The fourth-order valence-electron chi connectivity index (χ4n) is 3.46. The molecule has 1 aromatic heterocycles. The first kappa shape index (κ1) is 17.7. The van der Waals surface area contributed by atoms with Gasteiger partial charge in [-0.25, -0.2) is 13.1 Å². The summed E-state index contributed by atoms with van der Waals surface area (Å²) in [5.41, 5.74) is 0.941. The van der Waals surface area contributed by atoms with Crippen LogP contribution in [0.2, 0.25) is 0 Å². The van der Waals surface area contributed by atoms with E-state index in [0.29, 0.717) is 0 Å². The van der Waals surface area contributed by atoms with Gasteiger partial charge in [-0.2, -0.15) is 0 Å². The van der Waals surface area contributed by atoms with Crippen molar-refractivity contribution in [1.82, 2.24) is 15.0 Å². The Morgan fingerprint density at radius 3 is 2.44 bits per heavy atom. The van der Waals surface area contributed by atoms with Gasteiger partial charge in [-0.15, -0.1) is 0 Å². The van der Waals surface area contributed by atoms with E-state index in [1.54, 1.807) is 0 Å². The Morgan fingerprint density at radius 2 is 1.80 bits per heavy atom. The lowest BCUT2D eigenvalue weighted by molar-refractivity contribution is 0.0861. The van der Waals surface area contributed by atoms with Crippen LogP contribution in [0.15, 0.2) is 47.5 Å². The molecule has 1 amide bonds. The third-order valence-corrected chi connectivity index (χ3v) is 6.26. The zero-order valence-electron chi connectivity index (χ0n) is 14.2. The van der Waals surface area contributed by atoms with Gasteiger partial charge in [0.1, 0.15) is 10.6 Å². The summed E-state index contributed by atoms with van der Waals surface area (Å²) >= 11 is 0. The second-order valence-corrected chi connectivity index (χ2v) is 8.31. The standard InChI is InChI=1S/C18H23N3O3S/c1-19-25(23,24)15-12-16(20-13-15)17(22)21-18(10-6-3-7-11-18)14-8-4-2-5-9-14/h2,4-5,8-9,12-13,19-20H,3,6-7,10-11H2,1H3,(H,21,22). The van der Waals surface area contributed by atoms with Gasteiger partial charge >= 0.3 is 0 Å². The first-order chi connectivity index (χ1) is 12.0. The van der Waals surface area contributed by atoms with Gasteiger partial charge in [0.15, 0.2) is 0 Å². The summed E-state index contributed by atoms with van der Waals surface area (Å²) in [5, 5.41) is 3.16. The Morgan fingerprint density at radius 1 is 1.12 bits per heavy atom. The normalized spacial score (nSPS) is 17.2. The van der Waals surface area contributed by atoms with E-state index in [1.165, 1.54) is 19.3 Å². The maximum atomic E-state index is 12.8. The number of carbonyl (C=O) groups is 1. The monoisotopic (exact) mass is 361 g/mol. The minimum atomic E-state index is -3.57. The van der Waals surface area contributed by atoms with Crippen molar-refractivity contribution in [3.05, 3.63) is 53.9 Å². The Labute approximate surface area is 148 Å². The maximum absolute atomic E-state index is 12.8. The highest BCUT2D eigenvalue weighted by Crippen LogP contribution is 2.37. The molecule has 1 saturated carbocycles. The number of sulfonamides is 1. The van der Waals surface area contributed by atoms with E-state index in [2.05, 4.69) is 15.0 Å². The van der Waals surface area contributed by atoms with E-state index < -0.39 is 15.6 Å². The number of amides is 1. The van der Waals surface area contributed by atoms with Crippen LogP contribution in [0.5, 0.6) is 0 Å². The number of nitrogens with one attached hydrogen (secondary N) is 3. The lowest BCUT2D eigenvalue weighted by atomic mass is 9.76. The van der Waals surface area contributed by atoms with Crippen LogP contribution in [0.3, 0.4) is 0 Å². The van der Waals surface area contributed by atoms with E-state index in [1.807, 2.05) is 30.3 Å². The summed E-state index contributed by atoms with van der Waals surface area (Å²) < 4.78 is 25.9. The van der Waals surface area contributed by atoms with Crippen molar-refractivity contribution < 1.29 is 13.2 Å². The first-order valence-corrected chi connectivity index (χ1v) is 9.95. The van der Waals surface area contributed by atoms with Gasteiger partial charge in [0.25, 0.3) is 5.91 Å². The molecular weight excluding hydrogens is 338 g/mol. The number of carbonyl (C=O) groups excluding carboxylic acids is 1. The van der Waals surface area contributed by atoms with Gasteiger partial charge in [-0.05, 0) is 31.5 Å². The lowest BCUT2D eigenvalue weighted by Crippen LogP contribution is -2.47. The van der Waals surface area contributed by atoms with E-state index in [0.717, 1.165) is 37.7 Å². The number of hydrogen-bond donors (Lipinski definition) is 3. The SMILES string of the molecule is CNS(=O)(=O)c1c[nH]c(C(=O)NC2(c3ccccc3)CCCCC2)c1. The van der Waals surface area contributed by atoms with E-state index in [4.69, 9.17) is 0 Å². The predicted molar refractivity (Wildman–Crippen MR) is 95.7 cm³/mol. The molecule has 3 N–H and O–H groups in total. The van der Waals surface area contributed by atoms with E-state index >= 15 is 0 Å². The quantitative estimate of drug-likeness (QED) is 0.764. The zero-order chi connectivity index (χ0) is 17.9. The first-order valence-electron chi connectivity index (χ1n) is 8.47. The van der Waals surface area contributed by atoms with Crippen LogP contribution in [0.4, 0.5) is 0 Å². The number of aromatic amines is 1. The number of aromatic nitrogens is 1. The van der Waals surface area contributed by atoms with Crippen molar-refractivity contribution in [3.8, 4) is 0 Å². The van der Waals surface area contributed by atoms with Crippen molar-refractivity contribution in [2.24, 2.45) is 0 Å². The molecule has 25 heavy (non-hydrogen) atoms. The second kappa shape index (κ2) is 7.01. The number of benzene rings is 1. The van der Waals surface area contributed by atoms with E-state index in [9.17, 15) is 13.2 Å². The Hall–Kier alpha value is -2.12. The van der Waals surface area contributed by atoms with Gasteiger partial charge < -0.3 is 10.3 Å². The average molecular weight is 361 g/mol. The molecule has 0 spiro atoms. The average Bonchev–Trinajstić information content (AvgIpc) is 3.14. The van der Waals surface area contributed by atoms with E-state index in [-0.39, 0.29) is 16.5 Å². The molecule has 7 heteroatoms. The molecule has 1 aliphatic rings. The summed E-state index contributed by atoms with van der Waals surface area (Å²) in [5.74, 6) is -0.289. The minimum Gasteiger partial charge on any atom is -0.356 e. The van der Waals surface area contributed by atoms with Gasteiger partial charge in [-0.3, -0.25) is 4.79 Å². The van der Waals surface area contributed by atoms with Gasteiger partial charge in [0.05, 0.1) is 5.54 Å². The van der Waals surface area contributed by atoms with Crippen molar-refractivity contribution in [1.29, 1.82) is 0 Å². The molecule has 0 unspecified atom stereocenters. The molecular formula is C18H23N3O3S. The van der Waals surface area contributed by atoms with Crippen LogP contribution < -0.4 is 10.0 Å². The highest BCUT2D eigenvalue weighted by atomic mass is 32.2. The zero-order valence-corrected chi connectivity index (χ0v) is 15.0. The smallest absolute Gasteiger partial charge is 0.268 e. The number of rotatable bonds is 5. The second-order valence-electron chi connectivity index (χ2n) is 6.42. The predicted octanol–water partition coefficient (Wildman–Crippen LogP) is 2.51. The van der Waals surface area contributed by atoms with Crippen LogP contribution >= 0.6 is 0 Å². The molecule has 6 nitrogen and oxygen atoms in total. The lowest BCUT2D eigenvalue weighted by Gasteiger charge is -2.38. The molecule has 134 valence electrons. The van der Waals surface area contributed by atoms with Crippen molar-refractivity contribution >= 4 is 15.9 Å². The molecule has 1 aliphatic carbocycles. The van der Waals surface area contributed by atoms with Crippen LogP contribution in [0.25, 0.3) is 0 Å². The molecule has 1 heterocycles. The summed E-state index contributed by atoms with van der Waals surface area (Å²) in [7, 11) is -2.23. The highest BCUT2D eigenvalue weighted by molar-refractivity contribution is 7.89. The summed E-state index contributed by atoms with van der Waals surface area (Å²) in [6.07, 6.45) is 6.36. The summed E-state index contributed by atoms with van der Waals surface area (Å²) in [4.78, 5) is 15.6. The Balaban J connectivity index is 1.87. The van der Waals surface area contributed by atoms with Crippen LogP contribution in [0, 0.1) is 0 Å². The van der Waals surface area contributed by atoms with Crippen LogP contribution in [0.1, 0.15) is 48.2 Å². The molecule has 3 rings (SSSR count). The third kappa shape index (κ3) is 3.62. The molecule has 0 bridgehead atoms. The molecule has 0 radical (unpaired) electrons. The van der Waals surface area contributed by atoms with Crippen molar-refractivity contribution in [2.45, 2.75) is 42.5 Å². The van der Waals surface area contributed by atoms with Crippen molar-refractivity contribution in [2.75, 3.05) is 7.05 Å². The fraction of sp³-hybridized carbons (Fsp3) is 0.389. The topological polar surface area (TPSA) is 91.1 Å². The highest BCUT2D eigenvalue weighted by Gasteiger charge is 2.35. The molecule has 0 saturated heterocycles.